The Bertz CT molecular complexity index is 1620. The maximum atomic E-state index is 13.6. The van der Waals surface area contributed by atoms with Gasteiger partial charge in [-0.05, 0) is 76.8 Å². The van der Waals surface area contributed by atoms with Gasteiger partial charge in [0, 0.05) is 17.0 Å². The van der Waals surface area contributed by atoms with Crippen molar-refractivity contribution in [2.24, 2.45) is 0 Å². The zero-order chi connectivity index (χ0) is 24.6. The first kappa shape index (κ1) is 22.2. The summed E-state index contributed by atoms with van der Waals surface area (Å²) in [5.41, 5.74) is 3.06. The topological polar surface area (TPSA) is 59.3 Å². The second kappa shape index (κ2) is 7.99. The number of hydrogen-bond acceptors (Lipinski definition) is 3. The average Bonchev–Trinajstić information content (AvgIpc) is 3.64. The van der Waals surface area contributed by atoms with Gasteiger partial charge in [-0.2, -0.15) is 0 Å². The summed E-state index contributed by atoms with van der Waals surface area (Å²) in [6.45, 7) is 0. The predicted molar refractivity (Wildman–Crippen MR) is 143 cm³/mol. The molecule has 2 aliphatic carbocycles. The Morgan fingerprint density at radius 2 is 1.81 bits per heavy atom. The van der Waals surface area contributed by atoms with E-state index in [2.05, 4.69) is 30.3 Å². The van der Waals surface area contributed by atoms with Crippen molar-refractivity contribution in [3.8, 4) is 0 Å². The van der Waals surface area contributed by atoms with Gasteiger partial charge in [0.1, 0.15) is 0 Å². The van der Waals surface area contributed by atoms with Gasteiger partial charge in [-0.1, -0.05) is 66.2 Å². The van der Waals surface area contributed by atoms with Gasteiger partial charge in [0.2, 0.25) is 0 Å². The van der Waals surface area contributed by atoms with Crippen molar-refractivity contribution in [3.63, 3.8) is 0 Å². The zero-order valence-corrected chi connectivity index (χ0v) is 21.1. The lowest BCUT2D eigenvalue weighted by atomic mass is 9.64. The van der Waals surface area contributed by atoms with Crippen LogP contribution in [0.4, 0.5) is 0 Å². The lowest BCUT2D eigenvalue weighted by molar-refractivity contribution is -0.153. The molecule has 2 unspecified atom stereocenters. The minimum atomic E-state index is -1.20. The number of aromatic nitrogens is 1. The first-order chi connectivity index (χ1) is 17.5. The Morgan fingerprint density at radius 1 is 1.03 bits per heavy atom. The van der Waals surface area contributed by atoms with Crippen LogP contribution in [0, 0.1) is 0 Å². The van der Waals surface area contributed by atoms with E-state index in [-0.39, 0.29) is 16.7 Å². The summed E-state index contributed by atoms with van der Waals surface area (Å²) in [6, 6.07) is 24.0. The molecule has 36 heavy (non-hydrogen) atoms. The fourth-order valence-electron chi connectivity index (χ4n) is 6.33. The SMILES string of the molecule is O=C(O)C12C[C@@H](c3cccc(Cl)c3)C1Sc1c(C3CC3)c(Cc3cccc4ccccc34)cc(=O)n12. The Hall–Kier alpha value is -3.02. The summed E-state index contributed by atoms with van der Waals surface area (Å²) >= 11 is 7.86. The Balaban J connectivity index is 1.36. The standard InChI is InChI=1S/C30H24ClNO3S/c31-22-9-4-8-20(14-22)24-16-30(29(34)35)27(24)36-28-26(18-11-12-18)21(15-25(33)32(28)30)13-19-7-3-6-17-5-1-2-10-23(17)19/h1-10,14-15,18,24,27H,11-13,16H2,(H,34,35)/t24-,27?,30?/m0/s1. The number of carbonyl (C=O) groups is 1. The molecule has 1 N–H and O–H groups in total. The molecule has 6 heteroatoms. The van der Waals surface area contributed by atoms with E-state index < -0.39 is 11.5 Å². The number of fused-ring (bicyclic) bond motifs is 4. The monoisotopic (exact) mass is 513 g/mol. The quantitative estimate of drug-likeness (QED) is 0.328. The molecule has 2 heterocycles. The van der Waals surface area contributed by atoms with Crippen molar-refractivity contribution in [1.82, 2.24) is 4.57 Å². The minimum Gasteiger partial charge on any atom is -0.479 e. The average molecular weight is 514 g/mol. The van der Waals surface area contributed by atoms with Crippen LogP contribution in [0.1, 0.15) is 53.4 Å². The molecule has 3 aromatic carbocycles. The highest BCUT2D eigenvalue weighted by molar-refractivity contribution is 8.00. The van der Waals surface area contributed by atoms with E-state index in [4.69, 9.17) is 11.6 Å². The molecule has 3 aliphatic rings. The van der Waals surface area contributed by atoms with E-state index in [1.54, 1.807) is 22.4 Å². The number of halogens is 1. The molecule has 180 valence electrons. The molecule has 7 rings (SSSR count). The van der Waals surface area contributed by atoms with Gasteiger partial charge in [0.25, 0.3) is 5.56 Å². The lowest BCUT2D eigenvalue weighted by Crippen LogP contribution is -2.61. The number of thioether (sulfide) groups is 1. The molecular formula is C30H24ClNO3S. The van der Waals surface area contributed by atoms with Crippen molar-refractivity contribution in [3.05, 3.63) is 110 Å². The van der Waals surface area contributed by atoms with Gasteiger partial charge in [-0.25, -0.2) is 4.79 Å². The van der Waals surface area contributed by atoms with E-state index in [1.165, 1.54) is 21.9 Å². The van der Waals surface area contributed by atoms with Crippen LogP contribution in [-0.2, 0) is 16.8 Å². The lowest BCUT2D eigenvalue weighted by Gasteiger charge is -2.48. The molecule has 4 nitrogen and oxygen atoms in total. The Labute approximate surface area is 217 Å². The molecule has 0 spiro atoms. The molecule has 2 saturated carbocycles. The number of carboxylic acid groups (broad SMARTS) is 1. The first-order valence-corrected chi connectivity index (χ1v) is 13.6. The second-order valence-electron chi connectivity index (χ2n) is 10.3. The highest BCUT2D eigenvalue weighted by Gasteiger charge is 2.66. The Morgan fingerprint density at radius 3 is 2.58 bits per heavy atom. The van der Waals surface area contributed by atoms with Crippen LogP contribution in [0.25, 0.3) is 10.8 Å². The zero-order valence-electron chi connectivity index (χ0n) is 19.5. The maximum Gasteiger partial charge on any atom is 0.331 e. The van der Waals surface area contributed by atoms with E-state index >= 15 is 0 Å². The highest BCUT2D eigenvalue weighted by Crippen LogP contribution is 2.64. The van der Waals surface area contributed by atoms with Crippen LogP contribution in [0.15, 0.2) is 82.6 Å². The summed E-state index contributed by atoms with van der Waals surface area (Å²) in [5, 5.41) is 14.1. The molecule has 3 atom stereocenters. The van der Waals surface area contributed by atoms with Crippen molar-refractivity contribution in [2.45, 2.75) is 53.3 Å². The molecule has 0 bridgehead atoms. The number of aliphatic carboxylic acids is 1. The Kier molecular flexibility index (Phi) is 4.93. The highest BCUT2D eigenvalue weighted by atomic mass is 35.5. The molecule has 0 radical (unpaired) electrons. The van der Waals surface area contributed by atoms with Crippen LogP contribution >= 0.6 is 23.4 Å². The minimum absolute atomic E-state index is 0.0395. The van der Waals surface area contributed by atoms with Gasteiger partial charge in [-0.3, -0.25) is 9.36 Å². The van der Waals surface area contributed by atoms with Crippen LogP contribution in [0.5, 0.6) is 0 Å². The molecular weight excluding hydrogens is 490 g/mol. The molecule has 1 aliphatic heterocycles. The fraction of sp³-hybridized carbons (Fsp3) is 0.267. The summed E-state index contributed by atoms with van der Waals surface area (Å²) in [7, 11) is 0. The third-order valence-electron chi connectivity index (χ3n) is 8.20. The number of rotatable bonds is 5. The number of hydrogen-bond donors (Lipinski definition) is 1. The number of carboxylic acids is 1. The first-order valence-electron chi connectivity index (χ1n) is 12.4. The molecule has 0 saturated heterocycles. The summed E-state index contributed by atoms with van der Waals surface area (Å²) in [4.78, 5) is 26.4. The maximum absolute atomic E-state index is 13.6. The van der Waals surface area contributed by atoms with E-state index in [0.717, 1.165) is 29.0 Å². The van der Waals surface area contributed by atoms with Crippen molar-refractivity contribution < 1.29 is 9.90 Å². The van der Waals surface area contributed by atoms with Gasteiger partial charge >= 0.3 is 5.97 Å². The third kappa shape index (κ3) is 3.15. The third-order valence-corrected chi connectivity index (χ3v) is 10.0. The summed E-state index contributed by atoms with van der Waals surface area (Å²) < 4.78 is 1.63. The number of nitrogens with zero attached hydrogens (tertiary/aromatic N) is 1. The van der Waals surface area contributed by atoms with E-state index in [9.17, 15) is 14.7 Å². The molecule has 4 aromatic rings. The smallest absolute Gasteiger partial charge is 0.331 e. The summed E-state index contributed by atoms with van der Waals surface area (Å²) in [5.74, 6) is -0.488. The van der Waals surface area contributed by atoms with Crippen LogP contribution in [0.2, 0.25) is 5.02 Å². The van der Waals surface area contributed by atoms with Gasteiger partial charge in [0.05, 0.1) is 10.3 Å². The van der Waals surface area contributed by atoms with Gasteiger partial charge in [0.15, 0.2) is 5.54 Å². The second-order valence-corrected chi connectivity index (χ2v) is 11.9. The predicted octanol–water partition coefficient (Wildman–Crippen LogP) is 6.56. The fourth-order valence-corrected chi connectivity index (χ4v) is 8.47. The van der Waals surface area contributed by atoms with Crippen LogP contribution in [0.3, 0.4) is 0 Å². The van der Waals surface area contributed by atoms with Gasteiger partial charge in [-0.15, -0.1) is 11.8 Å². The number of benzene rings is 3. The van der Waals surface area contributed by atoms with E-state index in [0.29, 0.717) is 23.8 Å². The van der Waals surface area contributed by atoms with Crippen molar-refractivity contribution in [1.29, 1.82) is 0 Å². The van der Waals surface area contributed by atoms with Gasteiger partial charge < -0.3 is 5.11 Å². The normalized spacial score (nSPS) is 24.2. The van der Waals surface area contributed by atoms with Crippen molar-refractivity contribution >= 4 is 40.1 Å². The van der Waals surface area contributed by atoms with E-state index in [1.807, 2.05) is 36.4 Å². The van der Waals surface area contributed by atoms with Crippen LogP contribution in [-0.4, -0.2) is 20.9 Å². The molecule has 2 fully saturated rings. The summed E-state index contributed by atoms with van der Waals surface area (Å²) in [6.07, 6.45) is 3.23. The largest absolute Gasteiger partial charge is 0.479 e. The molecule has 0 amide bonds. The molecule has 1 aromatic heterocycles. The van der Waals surface area contributed by atoms with Crippen molar-refractivity contribution in [2.75, 3.05) is 0 Å². The van der Waals surface area contributed by atoms with Crippen LogP contribution < -0.4 is 5.56 Å². The number of pyridine rings is 1.